The lowest BCUT2D eigenvalue weighted by Crippen LogP contribution is -2.29. The molecule has 2 aliphatic rings. The Labute approximate surface area is 220 Å². The second kappa shape index (κ2) is 11.8. The van der Waals surface area contributed by atoms with Crippen LogP contribution in [-0.2, 0) is 9.53 Å². The van der Waals surface area contributed by atoms with Gasteiger partial charge in [0.2, 0.25) is 0 Å². The molecule has 1 amide bonds. The topological polar surface area (TPSA) is 137 Å². The second-order valence-electron chi connectivity index (χ2n) is 9.14. The number of nitrogens with zero attached hydrogens (tertiary/aromatic N) is 1. The van der Waals surface area contributed by atoms with E-state index in [9.17, 15) is 19.7 Å². The van der Waals surface area contributed by atoms with Gasteiger partial charge >= 0.3 is 12.1 Å². The second-order valence-corrected chi connectivity index (χ2v) is 9.14. The summed E-state index contributed by atoms with van der Waals surface area (Å²) in [5, 5.41) is 23.3. The summed E-state index contributed by atoms with van der Waals surface area (Å²) in [6.07, 6.45) is 5.62. The van der Waals surface area contributed by atoms with E-state index in [2.05, 4.69) is 29.6 Å². The molecule has 0 saturated heterocycles. The number of carboxylic acids is 1. The number of ether oxygens (including phenoxy) is 3. The van der Waals surface area contributed by atoms with Crippen LogP contribution in [0.2, 0.25) is 0 Å². The number of rotatable bonds is 11. The van der Waals surface area contributed by atoms with Crippen LogP contribution >= 0.6 is 0 Å². The Hall–Kier alpha value is -4.34. The van der Waals surface area contributed by atoms with Crippen molar-refractivity contribution in [3.8, 4) is 11.5 Å². The molecule has 38 heavy (non-hydrogen) atoms. The fourth-order valence-corrected chi connectivity index (χ4v) is 4.93. The number of amides is 1. The van der Waals surface area contributed by atoms with E-state index in [-0.39, 0.29) is 54.7 Å². The molecule has 0 spiro atoms. The van der Waals surface area contributed by atoms with E-state index < -0.39 is 23.0 Å². The number of nitro benzene ring substituents is 1. The van der Waals surface area contributed by atoms with Crippen LogP contribution < -0.4 is 14.8 Å². The Kier molecular flexibility index (Phi) is 8.30. The standard InChI is InChI=1S/C28H30N2O8/c1-17(22-14-25(36-2)26(15-24(22)30(34)35)37-13-7-12-27(31)32)29-28(33)38-16-23-20-10-5-3-8-18(20)19-9-4-6-11-21(19)23/h3,5-6,8,10-11,14-15,17,23H,4,7,9,12-13,16H2,1-2H3,(H,29,33)(H,31,32). The third kappa shape index (κ3) is 5.80. The first-order valence-corrected chi connectivity index (χ1v) is 12.4. The summed E-state index contributed by atoms with van der Waals surface area (Å²) in [5.74, 6) is -0.675. The van der Waals surface area contributed by atoms with Gasteiger partial charge < -0.3 is 24.6 Å². The van der Waals surface area contributed by atoms with Crippen molar-refractivity contribution >= 4 is 23.3 Å². The number of methoxy groups -OCH3 is 1. The van der Waals surface area contributed by atoms with E-state index in [0.717, 1.165) is 24.0 Å². The predicted molar refractivity (Wildman–Crippen MR) is 139 cm³/mol. The molecule has 0 radical (unpaired) electrons. The smallest absolute Gasteiger partial charge is 0.407 e. The molecule has 4 rings (SSSR count). The quantitative estimate of drug-likeness (QED) is 0.223. The highest BCUT2D eigenvalue weighted by Crippen LogP contribution is 2.46. The minimum atomic E-state index is -0.960. The molecule has 0 aliphatic heterocycles. The molecule has 10 nitrogen and oxygen atoms in total. The van der Waals surface area contributed by atoms with Gasteiger partial charge in [0, 0.05) is 12.3 Å². The minimum absolute atomic E-state index is 0.0525. The van der Waals surface area contributed by atoms with Gasteiger partial charge in [-0.3, -0.25) is 14.9 Å². The predicted octanol–water partition coefficient (Wildman–Crippen LogP) is 5.54. The summed E-state index contributed by atoms with van der Waals surface area (Å²) in [6.45, 7) is 1.82. The Morgan fingerprint density at radius 1 is 1.24 bits per heavy atom. The van der Waals surface area contributed by atoms with E-state index in [1.807, 2.05) is 12.1 Å². The van der Waals surface area contributed by atoms with Gasteiger partial charge in [-0.15, -0.1) is 0 Å². The highest BCUT2D eigenvalue weighted by molar-refractivity contribution is 5.81. The monoisotopic (exact) mass is 522 g/mol. The number of carbonyl (C=O) groups is 2. The van der Waals surface area contributed by atoms with Crippen molar-refractivity contribution in [3.63, 3.8) is 0 Å². The summed E-state index contributed by atoms with van der Waals surface area (Å²) in [6, 6.07) is 10.0. The number of benzene rings is 2. The zero-order valence-electron chi connectivity index (χ0n) is 21.3. The first kappa shape index (κ1) is 26.7. The number of fused-ring (bicyclic) bond motifs is 2. The van der Waals surface area contributed by atoms with Crippen LogP contribution in [0.3, 0.4) is 0 Å². The first-order valence-electron chi connectivity index (χ1n) is 12.4. The van der Waals surface area contributed by atoms with Crippen LogP contribution in [0.5, 0.6) is 11.5 Å². The van der Waals surface area contributed by atoms with E-state index in [1.165, 1.54) is 30.4 Å². The van der Waals surface area contributed by atoms with Crippen LogP contribution in [0.4, 0.5) is 10.5 Å². The average molecular weight is 523 g/mol. The number of aliphatic carboxylic acids is 1. The number of hydrogen-bond donors (Lipinski definition) is 2. The number of hydrogen-bond acceptors (Lipinski definition) is 7. The molecule has 2 unspecified atom stereocenters. The lowest BCUT2D eigenvalue weighted by Gasteiger charge is -2.19. The fourth-order valence-electron chi connectivity index (χ4n) is 4.93. The number of nitro groups is 1. The summed E-state index contributed by atoms with van der Waals surface area (Å²) in [5.41, 5.74) is 4.73. The Balaban J connectivity index is 1.44. The van der Waals surface area contributed by atoms with Crippen molar-refractivity contribution in [2.45, 2.75) is 44.6 Å². The van der Waals surface area contributed by atoms with Crippen LogP contribution in [0.25, 0.3) is 5.57 Å². The van der Waals surface area contributed by atoms with Crippen molar-refractivity contribution in [3.05, 3.63) is 80.9 Å². The van der Waals surface area contributed by atoms with Crippen molar-refractivity contribution in [1.29, 1.82) is 0 Å². The van der Waals surface area contributed by atoms with E-state index in [4.69, 9.17) is 19.3 Å². The molecule has 0 aromatic heterocycles. The van der Waals surface area contributed by atoms with Crippen LogP contribution in [0.15, 0.2) is 54.1 Å². The molecule has 2 atom stereocenters. The number of allylic oxidation sites excluding steroid dienone is 3. The highest BCUT2D eigenvalue weighted by atomic mass is 16.6. The van der Waals surface area contributed by atoms with Gasteiger partial charge in [-0.05, 0) is 54.5 Å². The largest absolute Gasteiger partial charge is 0.493 e. The molecule has 0 fully saturated rings. The Morgan fingerprint density at radius 2 is 2.03 bits per heavy atom. The number of carboxylic acid groups (broad SMARTS) is 1. The number of carbonyl (C=O) groups excluding carboxylic acids is 1. The zero-order chi connectivity index (χ0) is 27.2. The van der Waals surface area contributed by atoms with Crippen LogP contribution in [-0.4, -0.2) is 42.4 Å². The molecule has 0 bridgehead atoms. The lowest BCUT2D eigenvalue weighted by molar-refractivity contribution is -0.385. The third-order valence-corrected chi connectivity index (χ3v) is 6.73. The van der Waals surface area contributed by atoms with Crippen molar-refractivity contribution in [1.82, 2.24) is 5.32 Å². The van der Waals surface area contributed by atoms with Gasteiger partial charge in [0.1, 0.15) is 6.61 Å². The normalized spacial score (nSPS) is 16.3. The summed E-state index contributed by atoms with van der Waals surface area (Å²) >= 11 is 0. The van der Waals surface area contributed by atoms with E-state index >= 15 is 0 Å². The van der Waals surface area contributed by atoms with Crippen molar-refractivity contribution in [2.75, 3.05) is 20.3 Å². The summed E-state index contributed by atoms with van der Waals surface area (Å²) in [7, 11) is 1.39. The molecule has 200 valence electrons. The third-order valence-electron chi connectivity index (χ3n) is 6.73. The zero-order valence-corrected chi connectivity index (χ0v) is 21.3. The van der Waals surface area contributed by atoms with Gasteiger partial charge in [-0.25, -0.2) is 4.79 Å². The molecule has 10 heteroatoms. The van der Waals surface area contributed by atoms with Gasteiger partial charge in [-0.1, -0.05) is 36.4 Å². The average Bonchev–Trinajstić information content (AvgIpc) is 3.23. The maximum Gasteiger partial charge on any atom is 0.407 e. The Bertz CT molecular complexity index is 1300. The van der Waals surface area contributed by atoms with Gasteiger partial charge in [0.25, 0.3) is 5.69 Å². The number of nitrogens with one attached hydrogen (secondary N) is 1. The van der Waals surface area contributed by atoms with Crippen LogP contribution in [0, 0.1) is 10.1 Å². The highest BCUT2D eigenvalue weighted by Gasteiger charge is 2.32. The van der Waals surface area contributed by atoms with Crippen molar-refractivity contribution in [2.24, 2.45) is 0 Å². The summed E-state index contributed by atoms with van der Waals surface area (Å²) in [4.78, 5) is 34.7. The molecular formula is C28H30N2O8. The fraction of sp³-hybridized carbons (Fsp3) is 0.357. The first-order chi connectivity index (χ1) is 18.3. The molecule has 2 aromatic rings. The maximum atomic E-state index is 12.7. The Morgan fingerprint density at radius 3 is 2.76 bits per heavy atom. The molecule has 2 aliphatic carbocycles. The molecule has 2 N–H and O–H groups in total. The molecular weight excluding hydrogens is 492 g/mol. The molecule has 0 heterocycles. The minimum Gasteiger partial charge on any atom is -0.493 e. The van der Waals surface area contributed by atoms with Crippen LogP contribution in [0.1, 0.15) is 61.3 Å². The van der Waals surface area contributed by atoms with Gasteiger partial charge in [-0.2, -0.15) is 0 Å². The SMILES string of the molecule is COc1cc(C(C)NC(=O)OCC2C3=C(CCC=C3)c3ccccc32)c([N+](=O)[O-])cc1OCCCC(=O)O. The van der Waals surface area contributed by atoms with Crippen molar-refractivity contribution < 1.29 is 33.8 Å². The van der Waals surface area contributed by atoms with Gasteiger partial charge in [0.15, 0.2) is 11.5 Å². The maximum absolute atomic E-state index is 12.7. The number of alkyl carbamates (subject to hydrolysis) is 1. The molecule has 0 saturated carbocycles. The van der Waals surface area contributed by atoms with Gasteiger partial charge in [0.05, 0.1) is 36.3 Å². The van der Waals surface area contributed by atoms with E-state index in [0.29, 0.717) is 0 Å². The summed E-state index contributed by atoms with van der Waals surface area (Å²) < 4.78 is 16.5. The lowest BCUT2D eigenvalue weighted by atomic mass is 9.93. The molecule has 2 aromatic carbocycles. The van der Waals surface area contributed by atoms with E-state index in [1.54, 1.807) is 6.92 Å².